The molecule has 0 amide bonds. The summed E-state index contributed by atoms with van der Waals surface area (Å²) in [5, 5.41) is 8.82. The van der Waals surface area contributed by atoms with E-state index in [0.717, 1.165) is 11.1 Å². The lowest BCUT2D eigenvalue weighted by molar-refractivity contribution is -0.138. The number of hydrogen-bond donors (Lipinski definition) is 3. The minimum Gasteiger partial charge on any atom is -0.480 e. The molecule has 106 valence electrons. The maximum atomic E-state index is 10.8. The first-order valence-corrected chi connectivity index (χ1v) is 6.48. The van der Waals surface area contributed by atoms with Gasteiger partial charge in [0.1, 0.15) is 6.04 Å². The lowest BCUT2D eigenvalue weighted by Crippen LogP contribution is -2.34. The number of carboxylic acids is 1. The normalized spacial score (nSPS) is 15.1. The van der Waals surface area contributed by atoms with Gasteiger partial charge in [-0.05, 0) is 35.4 Å². The predicted molar refractivity (Wildman–Crippen MR) is 77.0 cm³/mol. The summed E-state index contributed by atoms with van der Waals surface area (Å²) in [6.45, 7) is 8.46. The lowest BCUT2D eigenvalue weighted by Gasteiger charge is -2.23. The molecule has 0 spiro atoms. The number of benzene rings is 1. The molecular formula is C15H24N2O2. The molecule has 0 aliphatic heterocycles. The van der Waals surface area contributed by atoms with Gasteiger partial charge in [0.25, 0.3) is 0 Å². The highest BCUT2D eigenvalue weighted by molar-refractivity contribution is 5.73. The standard InChI is InChI=1S/C15H24N2O2/c1-9-7-10(15(2,3)4)5-6-11(9)12(16)8-13(17)14(18)19/h5-7,12-13H,8,16-17H2,1-4H3,(H,18,19). The fraction of sp³-hybridized carbons (Fsp3) is 0.533. The molecule has 0 saturated heterocycles. The van der Waals surface area contributed by atoms with Crippen molar-refractivity contribution >= 4 is 5.97 Å². The van der Waals surface area contributed by atoms with Crippen molar-refractivity contribution in [2.45, 2.75) is 51.6 Å². The average molecular weight is 264 g/mol. The van der Waals surface area contributed by atoms with Crippen LogP contribution in [0.4, 0.5) is 0 Å². The number of aryl methyl sites for hydroxylation is 1. The molecule has 0 heterocycles. The van der Waals surface area contributed by atoms with Gasteiger partial charge < -0.3 is 16.6 Å². The van der Waals surface area contributed by atoms with Gasteiger partial charge in [0.2, 0.25) is 0 Å². The quantitative estimate of drug-likeness (QED) is 0.777. The van der Waals surface area contributed by atoms with Crippen LogP contribution in [-0.2, 0) is 10.2 Å². The van der Waals surface area contributed by atoms with E-state index in [2.05, 4.69) is 32.9 Å². The highest BCUT2D eigenvalue weighted by atomic mass is 16.4. The number of carbonyl (C=O) groups is 1. The van der Waals surface area contributed by atoms with Crippen molar-refractivity contribution in [3.63, 3.8) is 0 Å². The largest absolute Gasteiger partial charge is 0.480 e. The van der Waals surface area contributed by atoms with Gasteiger partial charge in [0.05, 0.1) is 0 Å². The summed E-state index contributed by atoms with van der Waals surface area (Å²) in [7, 11) is 0. The first kappa shape index (κ1) is 15.7. The Morgan fingerprint density at radius 1 is 1.32 bits per heavy atom. The van der Waals surface area contributed by atoms with E-state index in [1.165, 1.54) is 5.56 Å². The van der Waals surface area contributed by atoms with Crippen LogP contribution in [-0.4, -0.2) is 17.1 Å². The van der Waals surface area contributed by atoms with Crippen molar-refractivity contribution in [2.24, 2.45) is 11.5 Å². The van der Waals surface area contributed by atoms with Gasteiger partial charge in [-0.3, -0.25) is 4.79 Å². The summed E-state index contributed by atoms with van der Waals surface area (Å²) >= 11 is 0. The van der Waals surface area contributed by atoms with Gasteiger partial charge in [-0.2, -0.15) is 0 Å². The summed E-state index contributed by atoms with van der Waals surface area (Å²) in [5.41, 5.74) is 14.9. The Morgan fingerprint density at radius 3 is 2.32 bits per heavy atom. The fourth-order valence-corrected chi connectivity index (χ4v) is 2.06. The van der Waals surface area contributed by atoms with Crippen LogP contribution in [0.5, 0.6) is 0 Å². The predicted octanol–water partition coefficient (Wildman–Crippen LogP) is 2.09. The van der Waals surface area contributed by atoms with Crippen LogP contribution in [0.3, 0.4) is 0 Å². The van der Waals surface area contributed by atoms with Crippen LogP contribution in [0.15, 0.2) is 18.2 Å². The van der Waals surface area contributed by atoms with E-state index in [4.69, 9.17) is 16.6 Å². The third kappa shape index (κ3) is 4.04. The Balaban J connectivity index is 2.94. The van der Waals surface area contributed by atoms with E-state index in [1.807, 2.05) is 13.0 Å². The highest BCUT2D eigenvalue weighted by Crippen LogP contribution is 2.27. The summed E-state index contributed by atoms with van der Waals surface area (Å²) in [6.07, 6.45) is 0.241. The molecule has 0 aliphatic carbocycles. The van der Waals surface area contributed by atoms with Gasteiger partial charge in [-0.15, -0.1) is 0 Å². The van der Waals surface area contributed by atoms with Crippen LogP contribution in [0, 0.1) is 6.92 Å². The summed E-state index contributed by atoms with van der Waals surface area (Å²) in [5.74, 6) is -1.01. The Morgan fingerprint density at radius 2 is 1.89 bits per heavy atom. The number of hydrogen-bond acceptors (Lipinski definition) is 3. The van der Waals surface area contributed by atoms with E-state index < -0.39 is 12.0 Å². The molecule has 19 heavy (non-hydrogen) atoms. The zero-order valence-corrected chi connectivity index (χ0v) is 12.1. The molecule has 0 aromatic heterocycles. The second-order valence-corrected chi connectivity index (χ2v) is 6.11. The smallest absolute Gasteiger partial charge is 0.320 e. The second kappa shape index (κ2) is 5.72. The van der Waals surface area contributed by atoms with Gasteiger partial charge in [0.15, 0.2) is 0 Å². The van der Waals surface area contributed by atoms with Crippen molar-refractivity contribution in [1.82, 2.24) is 0 Å². The average Bonchev–Trinajstić information content (AvgIpc) is 2.27. The van der Waals surface area contributed by atoms with E-state index >= 15 is 0 Å². The maximum absolute atomic E-state index is 10.8. The zero-order chi connectivity index (χ0) is 14.8. The molecule has 1 aromatic rings. The first-order valence-electron chi connectivity index (χ1n) is 6.48. The highest BCUT2D eigenvalue weighted by Gasteiger charge is 2.20. The Labute approximate surface area is 114 Å². The minimum atomic E-state index is -1.01. The minimum absolute atomic E-state index is 0.0881. The molecular weight excluding hydrogens is 240 g/mol. The van der Waals surface area contributed by atoms with Crippen molar-refractivity contribution < 1.29 is 9.90 Å². The monoisotopic (exact) mass is 264 g/mol. The third-order valence-corrected chi connectivity index (χ3v) is 3.36. The van der Waals surface area contributed by atoms with Crippen molar-refractivity contribution in [1.29, 1.82) is 0 Å². The third-order valence-electron chi connectivity index (χ3n) is 3.36. The molecule has 0 radical (unpaired) electrons. The first-order chi connectivity index (χ1) is 8.62. The molecule has 4 nitrogen and oxygen atoms in total. The topological polar surface area (TPSA) is 89.3 Å². The van der Waals surface area contributed by atoms with E-state index in [0.29, 0.717) is 0 Å². The molecule has 1 rings (SSSR count). The molecule has 0 saturated carbocycles. The number of carboxylic acid groups (broad SMARTS) is 1. The van der Waals surface area contributed by atoms with E-state index in [9.17, 15) is 4.79 Å². The number of rotatable bonds is 4. The van der Waals surface area contributed by atoms with Crippen LogP contribution in [0.2, 0.25) is 0 Å². The van der Waals surface area contributed by atoms with Gasteiger partial charge in [0, 0.05) is 6.04 Å². The molecule has 1 aromatic carbocycles. The van der Waals surface area contributed by atoms with Crippen molar-refractivity contribution in [2.75, 3.05) is 0 Å². The molecule has 4 heteroatoms. The molecule has 0 bridgehead atoms. The van der Waals surface area contributed by atoms with Crippen LogP contribution in [0.25, 0.3) is 0 Å². The van der Waals surface area contributed by atoms with E-state index in [1.54, 1.807) is 0 Å². The van der Waals surface area contributed by atoms with Crippen LogP contribution >= 0.6 is 0 Å². The van der Waals surface area contributed by atoms with Crippen molar-refractivity contribution in [3.05, 3.63) is 34.9 Å². The molecule has 2 atom stereocenters. The maximum Gasteiger partial charge on any atom is 0.320 e. The summed E-state index contributed by atoms with van der Waals surface area (Å²) in [4.78, 5) is 10.8. The number of nitrogens with two attached hydrogens (primary N) is 2. The van der Waals surface area contributed by atoms with Gasteiger partial charge >= 0.3 is 5.97 Å². The molecule has 5 N–H and O–H groups in total. The van der Waals surface area contributed by atoms with Crippen molar-refractivity contribution in [3.8, 4) is 0 Å². The molecule has 0 aliphatic rings. The van der Waals surface area contributed by atoms with Crippen LogP contribution in [0.1, 0.15) is 49.9 Å². The van der Waals surface area contributed by atoms with Crippen LogP contribution < -0.4 is 11.5 Å². The molecule has 2 unspecified atom stereocenters. The Hall–Kier alpha value is -1.39. The Kier molecular flexibility index (Phi) is 4.71. The second-order valence-electron chi connectivity index (χ2n) is 6.11. The lowest BCUT2D eigenvalue weighted by atomic mass is 9.84. The molecule has 0 fully saturated rings. The summed E-state index contributed by atoms with van der Waals surface area (Å²) in [6, 6.07) is 4.88. The zero-order valence-electron chi connectivity index (χ0n) is 12.1. The van der Waals surface area contributed by atoms with E-state index in [-0.39, 0.29) is 17.9 Å². The number of aliphatic carboxylic acids is 1. The summed E-state index contributed by atoms with van der Waals surface area (Å²) < 4.78 is 0. The fourth-order valence-electron chi connectivity index (χ4n) is 2.06. The van der Waals surface area contributed by atoms with Gasteiger partial charge in [-0.1, -0.05) is 39.0 Å². The SMILES string of the molecule is Cc1cc(C(C)(C)C)ccc1C(N)CC(N)C(=O)O. The Bertz CT molecular complexity index is 464. The van der Waals surface area contributed by atoms with Gasteiger partial charge in [-0.25, -0.2) is 0 Å².